The number of rotatable bonds is 3. The zero-order chi connectivity index (χ0) is 10.9. The van der Waals surface area contributed by atoms with Gasteiger partial charge >= 0.3 is 0 Å². The zero-order valence-corrected chi connectivity index (χ0v) is 9.67. The Bertz CT molecular complexity index is 420. The summed E-state index contributed by atoms with van der Waals surface area (Å²) in [6.45, 7) is 4.35. The molecule has 0 unspecified atom stereocenters. The first kappa shape index (κ1) is 11.2. The molecule has 1 aromatic rings. The van der Waals surface area contributed by atoms with Gasteiger partial charge in [0, 0.05) is 20.6 Å². The molecule has 0 N–H and O–H groups in total. The molecule has 0 aliphatic carbocycles. The first-order valence-corrected chi connectivity index (χ1v) is 5.80. The van der Waals surface area contributed by atoms with E-state index in [0.29, 0.717) is 12.2 Å². The van der Waals surface area contributed by atoms with E-state index in [1.807, 2.05) is 6.92 Å². The molecule has 0 saturated carbocycles. The Balaban J connectivity index is 3.28. The van der Waals surface area contributed by atoms with Crippen molar-refractivity contribution in [1.29, 1.82) is 0 Å². The van der Waals surface area contributed by atoms with Gasteiger partial charge in [-0.1, -0.05) is 0 Å². The summed E-state index contributed by atoms with van der Waals surface area (Å²) in [5.41, 5.74) is 0.682. The lowest BCUT2D eigenvalue weighted by Crippen LogP contribution is -2.22. The van der Waals surface area contributed by atoms with Crippen molar-refractivity contribution < 1.29 is 8.42 Å². The molecule has 0 aliphatic rings. The monoisotopic (exact) mass is 217 g/mol. The molecule has 0 bridgehead atoms. The number of nitrogens with zero attached hydrogens (tertiary/aromatic N) is 3. The Morgan fingerprint density at radius 2 is 2.07 bits per heavy atom. The maximum Gasteiger partial charge on any atom is 0.245 e. The van der Waals surface area contributed by atoms with Crippen LogP contribution in [0.2, 0.25) is 0 Å². The predicted molar refractivity (Wildman–Crippen MR) is 53.5 cm³/mol. The highest BCUT2D eigenvalue weighted by Gasteiger charge is 2.22. The van der Waals surface area contributed by atoms with Crippen LogP contribution >= 0.6 is 0 Å². The first-order valence-electron chi connectivity index (χ1n) is 4.36. The third kappa shape index (κ3) is 1.67. The number of hydrogen-bond acceptors (Lipinski definition) is 3. The molecular weight excluding hydrogens is 202 g/mol. The van der Waals surface area contributed by atoms with Gasteiger partial charge < -0.3 is 0 Å². The van der Waals surface area contributed by atoms with Gasteiger partial charge in [-0.25, -0.2) is 12.7 Å². The highest BCUT2D eigenvalue weighted by Crippen LogP contribution is 2.16. The number of hydrogen-bond donors (Lipinski definition) is 0. The summed E-state index contributed by atoms with van der Waals surface area (Å²) in [5.74, 6) is 0. The number of aromatic nitrogens is 2. The van der Waals surface area contributed by atoms with Crippen LogP contribution in [0.25, 0.3) is 0 Å². The van der Waals surface area contributed by atoms with E-state index in [4.69, 9.17) is 0 Å². The van der Waals surface area contributed by atoms with Crippen LogP contribution in [0.15, 0.2) is 11.1 Å². The Kier molecular flexibility index (Phi) is 2.96. The molecule has 1 rings (SSSR count). The van der Waals surface area contributed by atoms with Gasteiger partial charge in [-0.05, 0) is 13.8 Å². The second kappa shape index (κ2) is 3.70. The maximum absolute atomic E-state index is 11.8. The minimum atomic E-state index is -3.35. The van der Waals surface area contributed by atoms with Crippen LogP contribution in [0, 0.1) is 6.92 Å². The van der Waals surface area contributed by atoms with Crippen LogP contribution in [-0.4, -0.2) is 36.6 Å². The third-order valence-corrected chi connectivity index (χ3v) is 4.03. The smallest absolute Gasteiger partial charge is 0.245 e. The van der Waals surface area contributed by atoms with E-state index in [2.05, 4.69) is 5.10 Å². The summed E-state index contributed by atoms with van der Waals surface area (Å²) in [5, 5.41) is 3.99. The topological polar surface area (TPSA) is 55.2 Å². The fourth-order valence-corrected chi connectivity index (χ4v) is 2.25. The van der Waals surface area contributed by atoms with E-state index in [9.17, 15) is 8.42 Å². The van der Waals surface area contributed by atoms with Crippen molar-refractivity contribution in [3.8, 4) is 0 Å². The van der Waals surface area contributed by atoms with E-state index in [0.717, 1.165) is 0 Å². The predicted octanol–water partition coefficient (Wildman–Crippen LogP) is 0.462. The van der Waals surface area contributed by atoms with Gasteiger partial charge in [0.15, 0.2) is 0 Å². The van der Waals surface area contributed by atoms with Gasteiger partial charge in [0.1, 0.15) is 4.90 Å². The Hall–Kier alpha value is -0.880. The first-order chi connectivity index (χ1) is 6.41. The van der Waals surface area contributed by atoms with Crippen molar-refractivity contribution in [1.82, 2.24) is 14.1 Å². The second-order valence-corrected chi connectivity index (χ2v) is 5.32. The minimum Gasteiger partial charge on any atom is -0.269 e. The molecule has 0 aromatic carbocycles. The number of sulfonamides is 1. The van der Waals surface area contributed by atoms with Crippen LogP contribution < -0.4 is 0 Å². The summed E-state index contributed by atoms with van der Waals surface area (Å²) in [7, 11) is -0.323. The number of aryl methyl sites for hydroxylation is 1. The van der Waals surface area contributed by atoms with Gasteiger partial charge in [-0.3, -0.25) is 4.68 Å². The molecule has 0 aliphatic heterocycles. The third-order valence-electron chi connectivity index (χ3n) is 2.12. The highest BCUT2D eigenvalue weighted by molar-refractivity contribution is 7.89. The average molecular weight is 217 g/mol. The maximum atomic E-state index is 11.8. The molecule has 0 radical (unpaired) electrons. The van der Waals surface area contributed by atoms with Crippen molar-refractivity contribution in [2.75, 3.05) is 14.1 Å². The van der Waals surface area contributed by atoms with Crippen molar-refractivity contribution in [2.24, 2.45) is 0 Å². The van der Waals surface area contributed by atoms with Gasteiger partial charge in [0.2, 0.25) is 10.0 Å². The van der Waals surface area contributed by atoms with Crippen LogP contribution in [0.5, 0.6) is 0 Å². The van der Waals surface area contributed by atoms with Gasteiger partial charge in [-0.15, -0.1) is 0 Å². The van der Waals surface area contributed by atoms with Crippen LogP contribution in [0.4, 0.5) is 0 Å². The minimum absolute atomic E-state index is 0.282. The van der Waals surface area contributed by atoms with Crippen molar-refractivity contribution in [3.05, 3.63) is 11.9 Å². The summed E-state index contributed by atoms with van der Waals surface area (Å²) in [4.78, 5) is 0.282. The Morgan fingerprint density at radius 1 is 1.50 bits per heavy atom. The lowest BCUT2D eigenvalue weighted by atomic mass is 10.5. The molecule has 0 spiro atoms. The molecule has 5 nitrogen and oxygen atoms in total. The summed E-state index contributed by atoms with van der Waals surface area (Å²) in [6, 6.07) is 0. The van der Waals surface area contributed by atoms with Gasteiger partial charge in [0.25, 0.3) is 0 Å². The molecule has 6 heteroatoms. The van der Waals surface area contributed by atoms with Crippen molar-refractivity contribution in [2.45, 2.75) is 25.3 Å². The summed E-state index contributed by atoms with van der Waals surface area (Å²) >= 11 is 0. The fourth-order valence-electron chi connectivity index (χ4n) is 1.20. The molecule has 0 fully saturated rings. The van der Waals surface area contributed by atoms with Crippen molar-refractivity contribution >= 4 is 10.0 Å². The molecule has 0 atom stereocenters. The van der Waals surface area contributed by atoms with Gasteiger partial charge in [-0.2, -0.15) is 5.10 Å². The zero-order valence-electron chi connectivity index (χ0n) is 8.85. The Morgan fingerprint density at radius 3 is 2.43 bits per heavy atom. The highest BCUT2D eigenvalue weighted by atomic mass is 32.2. The summed E-state index contributed by atoms with van der Waals surface area (Å²) in [6.07, 6.45) is 1.40. The van der Waals surface area contributed by atoms with E-state index in [-0.39, 0.29) is 4.90 Å². The standard InChI is InChI=1S/C8H15N3O2S/c1-5-11-7(2)8(6-9-11)14(12,13)10(3)4/h6H,5H2,1-4H3. The van der Waals surface area contributed by atoms with E-state index in [1.165, 1.54) is 24.6 Å². The van der Waals surface area contributed by atoms with Gasteiger partial charge in [0.05, 0.1) is 11.9 Å². The van der Waals surface area contributed by atoms with E-state index in [1.54, 1.807) is 11.6 Å². The van der Waals surface area contributed by atoms with Crippen molar-refractivity contribution in [3.63, 3.8) is 0 Å². The molecular formula is C8H15N3O2S. The molecule has 80 valence electrons. The lowest BCUT2D eigenvalue weighted by Gasteiger charge is -2.10. The van der Waals surface area contributed by atoms with Crippen LogP contribution in [-0.2, 0) is 16.6 Å². The molecule has 14 heavy (non-hydrogen) atoms. The summed E-state index contributed by atoms with van der Waals surface area (Å²) < 4.78 is 26.4. The lowest BCUT2D eigenvalue weighted by molar-refractivity contribution is 0.519. The molecule has 1 aromatic heterocycles. The van der Waals surface area contributed by atoms with Crippen LogP contribution in [0.1, 0.15) is 12.6 Å². The van der Waals surface area contributed by atoms with E-state index < -0.39 is 10.0 Å². The second-order valence-electron chi connectivity index (χ2n) is 3.20. The van der Waals surface area contributed by atoms with Crippen LogP contribution in [0.3, 0.4) is 0 Å². The molecule has 1 heterocycles. The average Bonchev–Trinajstić information content (AvgIpc) is 2.46. The normalized spacial score (nSPS) is 12.4. The molecule has 0 amide bonds. The fraction of sp³-hybridized carbons (Fsp3) is 0.625. The SMILES string of the molecule is CCn1ncc(S(=O)(=O)N(C)C)c1C. The Labute approximate surface area is 84.4 Å². The largest absolute Gasteiger partial charge is 0.269 e. The van der Waals surface area contributed by atoms with E-state index >= 15 is 0 Å². The molecule has 0 saturated heterocycles. The quantitative estimate of drug-likeness (QED) is 0.739.